The third-order valence-corrected chi connectivity index (χ3v) is 3.46. The molecule has 1 saturated carbocycles. The lowest BCUT2D eigenvalue weighted by molar-refractivity contribution is 0.679. The van der Waals surface area contributed by atoms with Crippen molar-refractivity contribution in [2.45, 2.75) is 51.4 Å². The van der Waals surface area contributed by atoms with Crippen LogP contribution >= 0.6 is 15.9 Å². The van der Waals surface area contributed by atoms with Gasteiger partial charge in [-0.05, 0) is 40.8 Å². The predicted octanol–water partition coefficient (Wildman–Crippen LogP) is 4.02. The Kier molecular flexibility index (Phi) is 3.39. The molecule has 1 aliphatic carbocycles. The van der Waals surface area contributed by atoms with Crippen molar-refractivity contribution in [1.29, 1.82) is 0 Å². The molecule has 1 fully saturated rings. The van der Waals surface area contributed by atoms with E-state index in [9.17, 15) is 0 Å². The third kappa shape index (κ3) is 2.57. The number of aromatic nitrogens is 2. The molecule has 0 spiro atoms. The Morgan fingerprint density at radius 2 is 1.93 bits per heavy atom. The van der Waals surface area contributed by atoms with Crippen molar-refractivity contribution in [2.75, 3.05) is 0 Å². The normalized spacial score (nSPS) is 17.6. The lowest BCUT2D eigenvalue weighted by Crippen LogP contribution is -2.03. The summed E-state index contributed by atoms with van der Waals surface area (Å²) >= 11 is 3.41. The van der Waals surface area contributed by atoms with Crippen LogP contribution in [0.25, 0.3) is 0 Å². The molecule has 0 aromatic carbocycles. The van der Waals surface area contributed by atoms with E-state index in [0.717, 1.165) is 10.4 Å². The van der Waals surface area contributed by atoms with Crippen molar-refractivity contribution in [3.63, 3.8) is 0 Å². The van der Waals surface area contributed by atoms with Crippen LogP contribution in [0.5, 0.6) is 0 Å². The van der Waals surface area contributed by atoms with E-state index in [-0.39, 0.29) is 0 Å². The maximum Gasteiger partial charge on any atom is 0.197 e. The molecule has 82 valence electrons. The first-order valence-electron chi connectivity index (χ1n) is 5.71. The van der Waals surface area contributed by atoms with E-state index in [1.165, 1.54) is 31.4 Å². The molecular weight excluding hydrogens is 252 g/mol. The smallest absolute Gasteiger partial charge is 0.197 e. The first kappa shape index (κ1) is 11.1. The van der Waals surface area contributed by atoms with Crippen LogP contribution in [0.4, 0.5) is 0 Å². The fourth-order valence-electron chi connectivity index (χ4n) is 2.18. The summed E-state index contributed by atoms with van der Waals surface area (Å²) < 4.78 is 0.746. The first-order valence-corrected chi connectivity index (χ1v) is 6.50. The highest BCUT2D eigenvalue weighted by Crippen LogP contribution is 2.34. The second-order valence-electron chi connectivity index (χ2n) is 4.62. The zero-order chi connectivity index (χ0) is 10.8. The number of halogens is 1. The van der Waals surface area contributed by atoms with Crippen LogP contribution in [0.15, 0.2) is 10.8 Å². The van der Waals surface area contributed by atoms with Gasteiger partial charge >= 0.3 is 0 Å². The van der Waals surface area contributed by atoms with Crippen LogP contribution < -0.4 is 0 Å². The summed E-state index contributed by atoms with van der Waals surface area (Å²) in [4.78, 5) is 8.91. The quantitative estimate of drug-likeness (QED) is 0.758. The van der Waals surface area contributed by atoms with Gasteiger partial charge in [-0.3, -0.25) is 0 Å². The van der Waals surface area contributed by atoms with Gasteiger partial charge in [0.2, 0.25) is 0 Å². The molecule has 2 rings (SSSR count). The highest BCUT2D eigenvalue weighted by molar-refractivity contribution is 9.10. The molecule has 2 nitrogen and oxygen atoms in total. The molecule has 15 heavy (non-hydrogen) atoms. The molecule has 1 aromatic heterocycles. The van der Waals surface area contributed by atoms with E-state index in [4.69, 9.17) is 0 Å². The molecule has 0 unspecified atom stereocenters. The maximum atomic E-state index is 4.50. The van der Waals surface area contributed by atoms with Crippen molar-refractivity contribution in [1.82, 2.24) is 9.97 Å². The highest BCUT2D eigenvalue weighted by atomic mass is 79.9. The molecule has 1 aromatic rings. The number of hydrogen-bond acceptors (Lipinski definition) is 2. The third-order valence-electron chi connectivity index (χ3n) is 3.10. The topological polar surface area (TPSA) is 25.8 Å². The van der Waals surface area contributed by atoms with Crippen LogP contribution in [0.1, 0.15) is 62.8 Å². The Hall–Kier alpha value is -0.440. The minimum absolute atomic E-state index is 0.476. The summed E-state index contributed by atoms with van der Waals surface area (Å²) in [6, 6.07) is 2.19. The number of hydrogen-bond donors (Lipinski definition) is 0. The minimum Gasteiger partial charge on any atom is -0.227 e. The first-order chi connectivity index (χ1) is 7.16. The van der Waals surface area contributed by atoms with E-state index in [2.05, 4.69) is 45.8 Å². The lowest BCUT2D eigenvalue weighted by Gasteiger charge is -2.12. The molecule has 0 N–H and O–H groups in total. The SMILES string of the molecule is CC(C)c1cc(C2CCCC2)nc(Br)n1. The van der Waals surface area contributed by atoms with E-state index in [1.54, 1.807) is 0 Å². The van der Waals surface area contributed by atoms with Crippen LogP contribution in [0.3, 0.4) is 0 Å². The van der Waals surface area contributed by atoms with E-state index < -0.39 is 0 Å². The van der Waals surface area contributed by atoms with Crippen LogP contribution in [0.2, 0.25) is 0 Å². The molecule has 0 amide bonds. The average Bonchev–Trinajstić information content (AvgIpc) is 2.69. The van der Waals surface area contributed by atoms with Crippen LogP contribution in [-0.4, -0.2) is 9.97 Å². The minimum atomic E-state index is 0.476. The largest absolute Gasteiger partial charge is 0.227 e. The fraction of sp³-hybridized carbons (Fsp3) is 0.667. The molecule has 1 aliphatic rings. The summed E-state index contributed by atoms with van der Waals surface area (Å²) in [6.45, 7) is 4.35. The van der Waals surface area contributed by atoms with Gasteiger partial charge < -0.3 is 0 Å². The Labute approximate surface area is 99.7 Å². The van der Waals surface area contributed by atoms with Crippen LogP contribution in [0, 0.1) is 0 Å². The lowest BCUT2D eigenvalue weighted by atomic mass is 10.0. The molecule has 1 heterocycles. The Morgan fingerprint density at radius 3 is 2.53 bits per heavy atom. The molecular formula is C12H17BrN2. The van der Waals surface area contributed by atoms with E-state index in [0.29, 0.717) is 11.8 Å². The summed E-state index contributed by atoms with van der Waals surface area (Å²) in [6.07, 6.45) is 5.29. The number of rotatable bonds is 2. The van der Waals surface area contributed by atoms with Gasteiger partial charge in [-0.15, -0.1) is 0 Å². The second kappa shape index (κ2) is 4.60. The summed E-state index contributed by atoms with van der Waals surface area (Å²) in [5, 5.41) is 0. The van der Waals surface area contributed by atoms with Crippen molar-refractivity contribution in [2.24, 2.45) is 0 Å². The molecule has 0 radical (unpaired) electrons. The maximum absolute atomic E-state index is 4.50. The van der Waals surface area contributed by atoms with E-state index >= 15 is 0 Å². The van der Waals surface area contributed by atoms with Gasteiger partial charge in [-0.1, -0.05) is 26.7 Å². The Morgan fingerprint density at radius 1 is 1.27 bits per heavy atom. The van der Waals surface area contributed by atoms with Crippen molar-refractivity contribution < 1.29 is 0 Å². The standard InChI is InChI=1S/C12H17BrN2/c1-8(2)10-7-11(15-12(13)14-10)9-5-3-4-6-9/h7-9H,3-6H2,1-2H3. The Balaban J connectivity index is 2.30. The van der Waals surface area contributed by atoms with Gasteiger partial charge in [0.25, 0.3) is 0 Å². The van der Waals surface area contributed by atoms with Gasteiger partial charge in [0.05, 0.1) is 0 Å². The summed E-state index contributed by atoms with van der Waals surface area (Å²) in [5.74, 6) is 1.14. The average molecular weight is 269 g/mol. The summed E-state index contributed by atoms with van der Waals surface area (Å²) in [5.41, 5.74) is 2.39. The van der Waals surface area contributed by atoms with Gasteiger partial charge in [-0.2, -0.15) is 0 Å². The molecule has 0 saturated heterocycles. The molecule has 3 heteroatoms. The van der Waals surface area contributed by atoms with Gasteiger partial charge in [0.15, 0.2) is 4.73 Å². The molecule has 0 bridgehead atoms. The predicted molar refractivity (Wildman–Crippen MR) is 65.0 cm³/mol. The van der Waals surface area contributed by atoms with Crippen molar-refractivity contribution >= 4 is 15.9 Å². The highest BCUT2D eigenvalue weighted by Gasteiger charge is 2.20. The van der Waals surface area contributed by atoms with E-state index in [1.807, 2.05) is 0 Å². The zero-order valence-corrected chi connectivity index (χ0v) is 10.9. The summed E-state index contributed by atoms with van der Waals surface area (Å²) in [7, 11) is 0. The van der Waals surface area contributed by atoms with Crippen molar-refractivity contribution in [3.8, 4) is 0 Å². The number of nitrogens with zero attached hydrogens (tertiary/aromatic N) is 2. The second-order valence-corrected chi connectivity index (χ2v) is 5.33. The monoisotopic (exact) mass is 268 g/mol. The van der Waals surface area contributed by atoms with Crippen LogP contribution in [-0.2, 0) is 0 Å². The molecule has 0 aliphatic heterocycles. The van der Waals surface area contributed by atoms with Gasteiger partial charge in [-0.25, -0.2) is 9.97 Å². The molecule has 0 atom stereocenters. The zero-order valence-electron chi connectivity index (χ0n) is 9.33. The van der Waals surface area contributed by atoms with Crippen molar-refractivity contribution in [3.05, 3.63) is 22.2 Å². The van der Waals surface area contributed by atoms with Gasteiger partial charge in [0.1, 0.15) is 0 Å². The fourth-order valence-corrected chi connectivity index (χ4v) is 2.59. The van der Waals surface area contributed by atoms with Gasteiger partial charge in [0, 0.05) is 17.3 Å². The Bertz CT molecular complexity index is 343.